The van der Waals surface area contributed by atoms with E-state index in [0.717, 1.165) is 5.92 Å². The van der Waals surface area contributed by atoms with Gasteiger partial charge >= 0.3 is 0 Å². The van der Waals surface area contributed by atoms with E-state index in [9.17, 15) is 0 Å². The second-order valence-electron chi connectivity index (χ2n) is 4.64. The van der Waals surface area contributed by atoms with Crippen LogP contribution in [0.5, 0.6) is 0 Å². The van der Waals surface area contributed by atoms with E-state index >= 15 is 0 Å². The Kier molecular flexibility index (Phi) is 5.45. The highest BCUT2D eigenvalue weighted by Crippen LogP contribution is 2.27. The van der Waals surface area contributed by atoms with Gasteiger partial charge in [0.25, 0.3) is 0 Å². The van der Waals surface area contributed by atoms with Crippen LogP contribution >= 0.6 is 0 Å². The molecule has 0 aliphatic heterocycles. The van der Waals surface area contributed by atoms with Crippen molar-refractivity contribution in [3.63, 3.8) is 0 Å². The number of hydrogen-bond acceptors (Lipinski definition) is 1. The Hall–Kier alpha value is -0.0400. The third kappa shape index (κ3) is 4.66. The van der Waals surface area contributed by atoms with Crippen molar-refractivity contribution in [2.75, 3.05) is 0 Å². The normalized spacial score (nSPS) is 29.1. The van der Waals surface area contributed by atoms with Gasteiger partial charge in [-0.25, -0.2) is 0 Å². The molecule has 1 aliphatic carbocycles. The summed E-state index contributed by atoms with van der Waals surface area (Å²) < 4.78 is 0. The molecule has 1 saturated carbocycles. The Balaban J connectivity index is 2.00. The van der Waals surface area contributed by atoms with Crippen LogP contribution in [0.3, 0.4) is 0 Å². The molecule has 1 rings (SSSR count). The van der Waals surface area contributed by atoms with Crippen molar-refractivity contribution in [1.29, 1.82) is 0 Å². The molecule has 1 heteroatoms. The molecule has 0 spiro atoms. The second-order valence-corrected chi connectivity index (χ2v) is 4.64. The molecule has 0 saturated heterocycles. The molecule has 0 aromatic carbocycles. The van der Waals surface area contributed by atoms with Crippen LogP contribution in [0, 0.1) is 5.92 Å². The van der Waals surface area contributed by atoms with Gasteiger partial charge in [-0.3, -0.25) is 0 Å². The van der Waals surface area contributed by atoms with Crippen LogP contribution in [0.25, 0.3) is 0 Å². The van der Waals surface area contributed by atoms with Gasteiger partial charge in [0.2, 0.25) is 0 Å². The zero-order chi connectivity index (χ0) is 9.52. The minimum Gasteiger partial charge on any atom is -0.328 e. The Labute approximate surface area is 83.1 Å². The molecule has 0 amide bonds. The predicted molar refractivity (Wildman–Crippen MR) is 58.7 cm³/mol. The molecular formula is C12H25N. The summed E-state index contributed by atoms with van der Waals surface area (Å²) in [6.07, 6.45) is 12.5. The molecule has 0 heterocycles. The van der Waals surface area contributed by atoms with Crippen LogP contribution in [0.1, 0.15) is 64.7 Å². The summed E-state index contributed by atoms with van der Waals surface area (Å²) in [6, 6.07) is 0.518. The van der Waals surface area contributed by atoms with E-state index in [1.807, 2.05) is 0 Å². The first-order valence-electron chi connectivity index (χ1n) is 6.08. The first-order valence-corrected chi connectivity index (χ1v) is 6.08. The van der Waals surface area contributed by atoms with E-state index in [4.69, 9.17) is 5.73 Å². The fourth-order valence-electron chi connectivity index (χ4n) is 2.45. The number of nitrogens with two attached hydrogens (primary N) is 1. The van der Waals surface area contributed by atoms with Crippen LogP contribution in [-0.2, 0) is 0 Å². The maximum atomic E-state index is 5.96. The topological polar surface area (TPSA) is 26.0 Å². The van der Waals surface area contributed by atoms with Crippen molar-refractivity contribution >= 4 is 0 Å². The largest absolute Gasteiger partial charge is 0.328 e. The van der Waals surface area contributed by atoms with Gasteiger partial charge in [0.1, 0.15) is 0 Å². The van der Waals surface area contributed by atoms with Crippen molar-refractivity contribution in [2.24, 2.45) is 11.7 Å². The molecule has 2 unspecified atom stereocenters. The highest BCUT2D eigenvalue weighted by Gasteiger charge is 2.18. The molecule has 1 aliphatic rings. The zero-order valence-corrected chi connectivity index (χ0v) is 9.10. The molecular weight excluding hydrogens is 158 g/mol. The van der Waals surface area contributed by atoms with Gasteiger partial charge in [-0.2, -0.15) is 0 Å². The lowest BCUT2D eigenvalue weighted by Crippen LogP contribution is -2.27. The summed E-state index contributed by atoms with van der Waals surface area (Å²) in [5.74, 6) is 0.959. The molecule has 0 aromatic rings. The van der Waals surface area contributed by atoms with E-state index in [-0.39, 0.29) is 0 Å². The Morgan fingerprint density at radius 2 is 2.00 bits per heavy atom. The Morgan fingerprint density at radius 1 is 1.15 bits per heavy atom. The molecule has 0 radical (unpaired) electrons. The third-order valence-corrected chi connectivity index (χ3v) is 3.29. The SMILES string of the molecule is CCCCCCC1CCCC(N)C1. The fourth-order valence-corrected chi connectivity index (χ4v) is 2.45. The van der Waals surface area contributed by atoms with Crippen LogP contribution in [0.2, 0.25) is 0 Å². The second kappa shape index (κ2) is 6.42. The van der Waals surface area contributed by atoms with Gasteiger partial charge in [-0.1, -0.05) is 51.9 Å². The van der Waals surface area contributed by atoms with Crippen LogP contribution in [0.4, 0.5) is 0 Å². The maximum Gasteiger partial charge on any atom is 0.00414 e. The van der Waals surface area contributed by atoms with Gasteiger partial charge in [-0.05, 0) is 18.8 Å². The summed E-state index contributed by atoms with van der Waals surface area (Å²) >= 11 is 0. The van der Waals surface area contributed by atoms with Crippen molar-refractivity contribution in [2.45, 2.75) is 70.8 Å². The molecule has 1 fully saturated rings. The number of unbranched alkanes of at least 4 members (excludes halogenated alkanes) is 3. The third-order valence-electron chi connectivity index (χ3n) is 3.29. The molecule has 2 N–H and O–H groups in total. The molecule has 78 valence electrons. The van der Waals surface area contributed by atoms with Crippen LogP contribution in [-0.4, -0.2) is 6.04 Å². The van der Waals surface area contributed by atoms with Gasteiger partial charge in [0.15, 0.2) is 0 Å². The maximum absolute atomic E-state index is 5.96. The van der Waals surface area contributed by atoms with Crippen molar-refractivity contribution in [1.82, 2.24) is 0 Å². The summed E-state index contributed by atoms with van der Waals surface area (Å²) in [5, 5.41) is 0. The molecule has 13 heavy (non-hydrogen) atoms. The van der Waals surface area contributed by atoms with E-state index < -0.39 is 0 Å². The molecule has 2 atom stereocenters. The average Bonchev–Trinajstić information content (AvgIpc) is 2.13. The lowest BCUT2D eigenvalue weighted by molar-refractivity contribution is 0.298. The molecule has 1 nitrogen and oxygen atoms in total. The van der Waals surface area contributed by atoms with Gasteiger partial charge < -0.3 is 5.73 Å². The first-order chi connectivity index (χ1) is 6.33. The van der Waals surface area contributed by atoms with E-state index in [1.165, 1.54) is 57.8 Å². The first kappa shape index (κ1) is 11.0. The minimum atomic E-state index is 0.518. The van der Waals surface area contributed by atoms with Gasteiger partial charge in [0, 0.05) is 6.04 Å². The lowest BCUT2D eigenvalue weighted by Gasteiger charge is -2.26. The monoisotopic (exact) mass is 183 g/mol. The summed E-state index contributed by atoms with van der Waals surface area (Å²) in [7, 11) is 0. The van der Waals surface area contributed by atoms with Crippen LogP contribution in [0.15, 0.2) is 0 Å². The van der Waals surface area contributed by atoms with Gasteiger partial charge in [0.05, 0.1) is 0 Å². The molecule has 0 aromatic heterocycles. The predicted octanol–water partition coefficient (Wildman–Crippen LogP) is 3.47. The van der Waals surface area contributed by atoms with Crippen molar-refractivity contribution in [3.05, 3.63) is 0 Å². The highest BCUT2D eigenvalue weighted by molar-refractivity contribution is 4.74. The van der Waals surface area contributed by atoms with Crippen LogP contribution < -0.4 is 5.73 Å². The Morgan fingerprint density at radius 3 is 2.69 bits per heavy atom. The molecule has 0 bridgehead atoms. The van der Waals surface area contributed by atoms with Crippen molar-refractivity contribution < 1.29 is 0 Å². The fraction of sp³-hybridized carbons (Fsp3) is 1.00. The van der Waals surface area contributed by atoms with Gasteiger partial charge in [-0.15, -0.1) is 0 Å². The number of rotatable bonds is 5. The number of hydrogen-bond donors (Lipinski definition) is 1. The average molecular weight is 183 g/mol. The standard InChI is InChI=1S/C12H25N/c1-2-3-4-5-7-11-8-6-9-12(13)10-11/h11-12H,2-10,13H2,1H3. The quantitative estimate of drug-likeness (QED) is 0.649. The van der Waals surface area contributed by atoms with E-state index in [1.54, 1.807) is 0 Å². The Bertz CT molecular complexity index is 122. The minimum absolute atomic E-state index is 0.518. The summed E-state index contributed by atoms with van der Waals surface area (Å²) in [6.45, 7) is 2.27. The highest BCUT2D eigenvalue weighted by atomic mass is 14.6. The summed E-state index contributed by atoms with van der Waals surface area (Å²) in [5.41, 5.74) is 5.96. The lowest BCUT2D eigenvalue weighted by atomic mass is 9.83. The summed E-state index contributed by atoms with van der Waals surface area (Å²) in [4.78, 5) is 0. The van der Waals surface area contributed by atoms with E-state index in [2.05, 4.69) is 6.92 Å². The van der Waals surface area contributed by atoms with E-state index in [0.29, 0.717) is 6.04 Å². The van der Waals surface area contributed by atoms with Crippen molar-refractivity contribution in [3.8, 4) is 0 Å². The smallest absolute Gasteiger partial charge is 0.00414 e. The zero-order valence-electron chi connectivity index (χ0n) is 9.10.